The van der Waals surface area contributed by atoms with Crippen molar-refractivity contribution in [2.45, 2.75) is 6.92 Å². The second-order valence-electron chi connectivity index (χ2n) is 4.71. The van der Waals surface area contributed by atoms with Gasteiger partial charge in [-0.2, -0.15) is 0 Å². The summed E-state index contributed by atoms with van der Waals surface area (Å²) < 4.78 is 5.37. The fourth-order valence-corrected chi connectivity index (χ4v) is 2.63. The molecule has 0 aliphatic rings. The molecule has 0 amide bonds. The third-order valence-corrected chi connectivity index (χ3v) is 3.97. The molecule has 4 nitrogen and oxygen atoms in total. The maximum Gasteiger partial charge on any atom is 0.138 e. The number of nitrogens with two attached hydrogens (primary N) is 1. The van der Waals surface area contributed by atoms with Crippen LogP contribution >= 0.6 is 11.6 Å². The van der Waals surface area contributed by atoms with E-state index in [0.717, 1.165) is 32.6 Å². The van der Waals surface area contributed by atoms with E-state index in [4.69, 9.17) is 22.1 Å². The highest BCUT2D eigenvalue weighted by Crippen LogP contribution is 2.37. The number of halogens is 1. The molecule has 0 fully saturated rings. The molecule has 106 valence electrons. The van der Waals surface area contributed by atoms with E-state index in [2.05, 4.69) is 9.97 Å². The van der Waals surface area contributed by atoms with Crippen molar-refractivity contribution in [2.24, 2.45) is 0 Å². The summed E-state index contributed by atoms with van der Waals surface area (Å²) in [5, 5.41) is 1.44. The molecule has 21 heavy (non-hydrogen) atoms. The van der Waals surface area contributed by atoms with Crippen LogP contribution in [0.15, 0.2) is 36.7 Å². The van der Waals surface area contributed by atoms with Crippen molar-refractivity contribution in [3.05, 3.63) is 47.2 Å². The molecule has 0 aliphatic carbocycles. The van der Waals surface area contributed by atoms with Gasteiger partial charge < -0.3 is 10.5 Å². The Morgan fingerprint density at radius 1 is 1.10 bits per heavy atom. The molecule has 0 atom stereocenters. The SMILES string of the molecule is COc1ccc(-c2cccc(Cl)c2C)c2ncnc(N)c12. The summed E-state index contributed by atoms with van der Waals surface area (Å²) in [5.41, 5.74) is 9.73. The van der Waals surface area contributed by atoms with Crippen molar-refractivity contribution in [3.63, 3.8) is 0 Å². The number of benzene rings is 2. The Balaban J connectivity index is 2.40. The van der Waals surface area contributed by atoms with E-state index in [1.807, 2.05) is 37.3 Å². The lowest BCUT2D eigenvalue weighted by Gasteiger charge is -2.13. The Kier molecular flexibility index (Phi) is 3.39. The second-order valence-corrected chi connectivity index (χ2v) is 5.12. The minimum Gasteiger partial charge on any atom is -0.496 e. The van der Waals surface area contributed by atoms with Crippen molar-refractivity contribution in [2.75, 3.05) is 12.8 Å². The van der Waals surface area contributed by atoms with Crippen LogP contribution in [-0.4, -0.2) is 17.1 Å². The normalized spacial score (nSPS) is 10.8. The second kappa shape index (κ2) is 5.22. The van der Waals surface area contributed by atoms with Gasteiger partial charge in [0.05, 0.1) is 18.0 Å². The van der Waals surface area contributed by atoms with Gasteiger partial charge in [0.15, 0.2) is 0 Å². The molecular formula is C16H14ClN3O. The number of rotatable bonds is 2. The van der Waals surface area contributed by atoms with Crippen molar-refractivity contribution in [1.82, 2.24) is 9.97 Å². The molecular weight excluding hydrogens is 286 g/mol. The van der Waals surface area contributed by atoms with Crippen LogP contribution in [0.3, 0.4) is 0 Å². The van der Waals surface area contributed by atoms with E-state index in [9.17, 15) is 0 Å². The Morgan fingerprint density at radius 3 is 2.67 bits per heavy atom. The predicted molar refractivity (Wildman–Crippen MR) is 85.7 cm³/mol. The van der Waals surface area contributed by atoms with E-state index in [0.29, 0.717) is 11.6 Å². The maximum absolute atomic E-state index is 6.22. The standard InChI is InChI=1S/C16H14ClN3O/c1-9-10(4-3-5-12(9)17)11-6-7-13(21-2)14-15(11)19-8-20-16(14)18/h3-8H,1-2H3,(H2,18,19,20). The molecule has 2 N–H and O–H groups in total. The molecule has 1 heterocycles. The zero-order valence-electron chi connectivity index (χ0n) is 11.7. The molecule has 5 heteroatoms. The summed E-state index contributed by atoms with van der Waals surface area (Å²) in [4.78, 5) is 8.43. The monoisotopic (exact) mass is 299 g/mol. The molecule has 0 aliphatic heterocycles. The average Bonchev–Trinajstić information content (AvgIpc) is 2.49. The van der Waals surface area contributed by atoms with E-state index >= 15 is 0 Å². The zero-order valence-corrected chi connectivity index (χ0v) is 12.5. The first-order chi connectivity index (χ1) is 10.1. The molecule has 0 spiro atoms. The van der Waals surface area contributed by atoms with Gasteiger partial charge in [0.1, 0.15) is 17.9 Å². The molecule has 3 rings (SSSR count). The number of nitrogen functional groups attached to an aromatic ring is 1. The zero-order chi connectivity index (χ0) is 15.0. The molecule has 0 saturated heterocycles. The highest BCUT2D eigenvalue weighted by atomic mass is 35.5. The lowest BCUT2D eigenvalue weighted by Crippen LogP contribution is -1.98. The van der Waals surface area contributed by atoms with Crippen molar-refractivity contribution in [3.8, 4) is 16.9 Å². The van der Waals surface area contributed by atoms with Gasteiger partial charge in [0.25, 0.3) is 0 Å². The summed E-state index contributed by atoms with van der Waals surface area (Å²) in [5.74, 6) is 1.06. The minimum atomic E-state index is 0.401. The number of hydrogen-bond donors (Lipinski definition) is 1. The van der Waals surface area contributed by atoms with Crippen LogP contribution in [0.2, 0.25) is 5.02 Å². The maximum atomic E-state index is 6.22. The van der Waals surface area contributed by atoms with Crippen LogP contribution in [0.4, 0.5) is 5.82 Å². The lowest BCUT2D eigenvalue weighted by atomic mass is 9.97. The van der Waals surface area contributed by atoms with Gasteiger partial charge in [-0.25, -0.2) is 9.97 Å². The van der Waals surface area contributed by atoms with Crippen molar-refractivity contribution < 1.29 is 4.74 Å². The van der Waals surface area contributed by atoms with Gasteiger partial charge in [-0.05, 0) is 36.2 Å². The van der Waals surface area contributed by atoms with Crippen molar-refractivity contribution in [1.29, 1.82) is 0 Å². The van der Waals surface area contributed by atoms with Gasteiger partial charge in [-0.15, -0.1) is 0 Å². The molecule has 0 saturated carbocycles. The number of fused-ring (bicyclic) bond motifs is 1. The largest absolute Gasteiger partial charge is 0.496 e. The Bertz CT molecular complexity index is 833. The number of hydrogen-bond acceptors (Lipinski definition) is 4. The van der Waals surface area contributed by atoms with E-state index in [-0.39, 0.29) is 0 Å². The first-order valence-corrected chi connectivity index (χ1v) is 6.84. The number of aromatic nitrogens is 2. The first-order valence-electron chi connectivity index (χ1n) is 6.46. The Hall–Kier alpha value is -2.33. The minimum absolute atomic E-state index is 0.401. The van der Waals surface area contributed by atoms with Gasteiger partial charge >= 0.3 is 0 Å². The summed E-state index contributed by atoms with van der Waals surface area (Å²) in [6.07, 6.45) is 1.46. The Labute approximate surface area is 127 Å². The fraction of sp³-hybridized carbons (Fsp3) is 0.125. The molecule has 1 aromatic heterocycles. The molecule has 3 aromatic rings. The average molecular weight is 300 g/mol. The number of ether oxygens (including phenoxy) is 1. The van der Waals surface area contributed by atoms with E-state index < -0.39 is 0 Å². The third-order valence-electron chi connectivity index (χ3n) is 3.56. The highest BCUT2D eigenvalue weighted by Gasteiger charge is 2.14. The molecule has 0 unspecified atom stereocenters. The van der Waals surface area contributed by atoms with E-state index in [1.54, 1.807) is 7.11 Å². The number of methoxy groups -OCH3 is 1. The van der Waals surface area contributed by atoms with Crippen LogP contribution in [0, 0.1) is 6.92 Å². The Morgan fingerprint density at radius 2 is 1.90 bits per heavy atom. The lowest BCUT2D eigenvalue weighted by molar-refractivity contribution is 0.420. The van der Waals surface area contributed by atoms with Gasteiger partial charge in [-0.1, -0.05) is 23.7 Å². The van der Waals surface area contributed by atoms with Crippen LogP contribution in [-0.2, 0) is 0 Å². The topological polar surface area (TPSA) is 61.0 Å². The van der Waals surface area contributed by atoms with Crippen LogP contribution in [0.1, 0.15) is 5.56 Å². The predicted octanol–water partition coefficient (Wildman–Crippen LogP) is 3.85. The fourth-order valence-electron chi connectivity index (χ4n) is 2.45. The summed E-state index contributed by atoms with van der Waals surface area (Å²) in [6.45, 7) is 1.98. The van der Waals surface area contributed by atoms with Crippen molar-refractivity contribution >= 4 is 28.3 Å². The summed E-state index contributed by atoms with van der Waals surface area (Å²) >= 11 is 6.22. The van der Waals surface area contributed by atoms with Crippen LogP contribution in [0.5, 0.6) is 5.75 Å². The number of nitrogens with zero attached hydrogens (tertiary/aromatic N) is 2. The summed E-state index contributed by atoms with van der Waals surface area (Å²) in [7, 11) is 1.60. The highest BCUT2D eigenvalue weighted by molar-refractivity contribution is 6.31. The van der Waals surface area contributed by atoms with Gasteiger partial charge in [0.2, 0.25) is 0 Å². The van der Waals surface area contributed by atoms with Gasteiger partial charge in [0, 0.05) is 10.6 Å². The molecule has 2 aromatic carbocycles. The molecule has 0 radical (unpaired) electrons. The first kappa shape index (κ1) is 13.6. The summed E-state index contributed by atoms with van der Waals surface area (Å²) in [6, 6.07) is 9.64. The van der Waals surface area contributed by atoms with Crippen LogP contribution in [0.25, 0.3) is 22.0 Å². The van der Waals surface area contributed by atoms with Crippen LogP contribution < -0.4 is 10.5 Å². The van der Waals surface area contributed by atoms with Gasteiger partial charge in [-0.3, -0.25) is 0 Å². The third kappa shape index (κ3) is 2.17. The smallest absolute Gasteiger partial charge is 0.138 e. The molecule has 0 bridgehead atoms. The quantitative estimate of drug-likeness (QED) is 0.781. The van der Waals surface area contributed by atoms with E-state index in [1.165, 1.54) is 6.33 Å². The number of anilines is 1.